The smallest absolute Gasteiger partial charge is 0.277 e. The molecule has 5 nitrogen and oxygen atoms in total. The fourth-order valence-corrected chi connectivity index (χ4v) is 5.19. The maximum Gasteiger partial charge on any atom is 0.277 e. The molecule has 0 spiro atoms. The zero-order valence-corrected chi connectivity index (χ0v) is 16.9. The fourth-order valence-electron chi connectivity index (χ4n) is 4.53. The van der Waals surface area contributed by atoms with E-state index in [2.05, 4.69) is 30.1 Å². The van der Waals surface area contributed by atoms with E-state index in [1.165, 1.54) is 55.0 Å². The van der Waals surface area contributed by atoms with Crippen LogP contribution in [-0.4, -0.2) is 39.8 Å². The SMILES string of the molecule is Cc1cc(C)cc(-c2nnc(SCC(=O)N3CC[C@@H]4CCCC[C@H]4C3)o2)c1. The molecule has 2 aliphatic rings. The van der Waals surface area contributed by atoms with Gasteiger partial charge in [0.05, 0.1) is 5.75 Å². The molecule has 1 aliphatic heterocycles. The molecule has 144 valence electrons. The standard InChI is InChI=1S/C21H27N3O2S/c1-14-9-15(2)11-18(10-14)20-22-23-21(26-20)27-13-19(25)24-8-7-16-5-3-4-6-17(16)12-24/h9-11,16-17H,3-8,12-13H2,1-2H3/t16-,17-/m0/s1. The molecule has 2 aromatic rings. The average molecular weight is 386 g/mol. The topological polar surface area (TPSA) is 59.2 Å². The number of thioether (sulfide) groups is 1. The number of piperidine rings is 1. The molecule has 6 heteroatoms. The van der Waals surface area contributed by atoms with Crippen molar-refractivity contribution in [3.63, 3.8) is 0 Å². The molecule has 0 radical (unpaired) electrons. The lowest BCUT2D eigenvalue weighted by molar-refractivity contribution is -0.131. The number of amides is 1. The lowest BCUT2D eigenvalue weighted by Gasteiger charge is -2.41. The van der Waals surface area contributed by atoms with Gasteiger partial charge in [0.15, 0.2) is 0 Å². The maximum absolute atomic E-state index is 12.6. The van der Waals surface area contributed by atoms with Crippen molar-refractivity contribution >= 4 is 17.7 Å². The number of hydrogen-bond acceptors (Lipinski definition) is 5. The zero-order valence-electron chi connectivity index (χ0n) is 16.1. The third-order valence-corrected chi connectivity index (χ3v) is 6.64. The highest BCUT2D eigenvalue weighted by Gasteiger charge is 2.32. The van der Waals surface area contributed by atoms with Gasteiger partial charge in [0.1, 0.15) is 0 Å². The van der Waals surface area contributed by atoms with Crippen molar-refractivity contribution in [3.05, 3.63) is 29.3 Å². The van der Waals surface area contributed by atoms with Gasteiger partial charge in [-0.15, -0.1) is 10.2 Å². The average Bonchev–Trinajstić information content (AvgIpc) is 3.14. The molecule has 1 saturated heterocycles. The first-order chi connectivity index (χ1) is 13.1. The number of nitrogens with zero attached hydrogens (tertiary/aromatic N) is 3. The first-order valence-corrected chi connectivity index (χ1v) is 10.9. The normalized spacial score (nSPS) is 22.5. The van der Waals surface area contributed by atoms with Gasteiger partial charge in [-0.2, -0.15) is 0 Å². The molecule has 0 N–H and O–H groups in total. The van der Waals surface area contributed by atoms with Crippen molar-refractivity contribution < 1.29 is 9.21 Å². The quantitative estimate of drug-likeness (QED) is 0.726. The first kappa shape index (κ1) is 18.5. The highest BCUT2D eigenvalue weighted by atomic mass is 32.2. The first-order valence-electron chi connectivity index (χ1n) is 9.91. The summed E-state index contributed by atoms with van der Waals surface area (Å²) in [6.45, 7) is 5.94. The maximum atomic E-state index is 12.6. The summed E-state index contributed by atoms with van der Waals surface area (Å²) in [6, 6.07) is 6.19. The van der Waals surface area contributed by atoms with Crippen molar-refractivity contribution in [3.8, 4) is 11.5 Å². The van der Waals surface area contributed by atoms with E-state index in [0.29, 0.717) is 22.8 Å². The molecule has 1 aromatic carbocycles. The summed E-state index contributed by atoms with van der Waals surface area (Å²) in [7, 11) is 0. The van der Waals surface area contributed by atoms with Gasteiger partial charge in [0.2, 0.25) is 11.8 Å². The van der Waals surface area contributed by atoms with Crippen molar-refractivity contribution in [2.45, 2.75) is 51.2 Å². The van der Waals surface area contributed by atoms with Gasteiger partial charge in [-0.25, -0.2) is 0 Å². The summed E-state index contributed by atoms with van der Waals surface area (Å²) in [4.78, 5) is 14.7. The Hall–Kier alpha value is -1.82. The van der Waals surface area contributed by atoms with Crippen LogP contribution in [0, 0.1) is 25.7 Å². The Labute approximate surface area is 164 Å². The number of hydrogen-bond donors (Lipinski definition) is 0. The van der Waals surface area contributed by atoms with E-state index in [9.17, 15) is 4.79 Å². The molecule has 2 atom stereocenters. The number of aryl methyl sites for hydroxylation is 2. The highest BCUT2D eigenvalue weighted by molar-refractivity contribution is 7.99. The van der Waals surface area contributed by atoms with Crippen LogP contribution in [0.25, 0.3) is 11.5 Å². The minimum Gasteiger partial charge on any atom is -0.411 e. The van der Waals surface area contributed by atoms with Gasteiger partial charge >= 0.3 is 0 Å². The summed E-state index contributed by atoms with van der Waals surface area (Å²) in [5, 5.41) is 8.72. The number of carbonyl (C=O) groups excluding carboxylic acids is 1. The molecular formula is C21H27N3O2S. The third kappa shape index (κ3) is 4.37. The van der Waals surface area contributed by atoms with Gasteiger partial charge in [0.25, 0.3) is 5.22 Å². The monoisotopic (exact) mass is 385 g/mol. The van der Waals surface area contributed by atoms with E-state index in [4.69, 9.17) is 4.42 Å². The summed E-state index contributed by atoms with van der Waals surface area (Å²) < 4.78 is 5.77. The molecule has 1 aromatic heterocycles. The fraction of sp³-hybridized carbons (Fsp3) is 0.571. The molecule has 27 heavy (non-hydrogen) atoms. The molecule has 0 bridgehead atoms. The second kappa shape index (κ2) is 8.05. The highest BCUT2D eigenvalue weighted by Crippen LogP contribution is 2.36. The predicted octanol–water partition coefficient (Wildman–Crippen LogP) is 4.48. The Morgan fingerprint density at radius 3 is 2.63 bits per heavy atom. The van der Waals surface area contributed by atoms with E-state index in [1.54, 1.807) is 0 Å². The molecule has 2 heterocycles. The Morgan fingerprint density at radius 1 is 1.11 bits per heavy atom. The van der Waals surface area contributed by atoms with Crippen molar-refractivity contribution in [1.82, 2.24) is 15.1 Å². The van der Waals surface area contributed by atoms with Gasteiger partial charge in [-0.3, -0.25) is 4.79 Å². The van der Waals surface area contributed by atoms with E-state index in [0.717, 1.165) is 24.6 Å². The summed E-state index contributed by atoms with van der Waals surface area (Å²) in [6.07, 6.45) is 6.49. The van der Waals surface area contributed by atoms with Gasteiger partial charge in [0, 0.05) is 18.7 Å². The molecule has 0 unspecified atom stereocenters. The predicted molar refractivity (Wildman–Crippen MR) is 107 cm³/mol. The Balaban J connectivity index is 1.34. The lowest BCUT2D eigenvalue weighted by atomic mass is 9.75. The summed E-state index contributed by atoms with van der Waals surface area (Å²) in [5.41, 5.74) is 3.26. The molecule has 1 saturated carbocycles. The Kier molecular flexibility index (Phi) is 5.53. The number of aromatic nitrogens is 2. The summed E-state index contributed by atoms with van der Waals surface area (Å²) >= 11 is 1.34. The molecular weight excluding hydrogens is 358 g/mol. The number of fused-ring (bicyclic) bond motifs is 1. The van der Waals surface area contributed by atoms with Gasteiger partial charge in [-0.05, 0) is 50.7 Å². The molecule has 1 amide bonds. The van der Waals surface area contributed by atoms with Crippen LogP contribution in [0.1, 0.15) is 43.2 Å². The Morgan fingerprint density at radius 2 is 1.85 bits per heavy atom. The second-order valence-corrected chi connectivity index (χ2v) is 8.90. The number of likely N-dealkylation sites (tertiary alicyclic amines) is 1. The van der Waals surface area contributed by atoms with Crippen LogP contribution < -0.4 is 0 Å². The van der Waals surface area contributed by atoms with Crippen LogP contribution in [0.4, 0.5) is 0 Å². The van der Waals surface area contributed by atoms with Crippen LogP contribution in [0.2, 0.25) is 0 Å². The van der Waals surface area contributed by atoms with Crippen LogP contribution in [0.15, 0.2) is 27.8 Å². The van der Waals surface area contributed by atoms with Gasteiger partial charge < -0.3 is 9.32 Å². The Bertz CT molecular complexity index is 799. The number of rotatable bonds is 4. The van der Waals surface area contributed by atoms with Crippen LogP contribution in [0.5, 0.6) is 0 Å². The van der Waals surface area contributed by atoms with Crippen LogP contribution >= 0.6 is 11.8 Å². The lowest BCUT2D eigenvalue weighted by Crippen LogP contribution is -2.45. The van der Waals surface area contributed by atoms with Crippen LogP contribution in [0.3, 0.4) is 0 Å². The van der Waals surface area contributed by atoms with Gasteiger partial charge in [-0.1, -0.05) is 48.2 Å². The minimum absolute atomic E-state index is 0.190. The van der Waals surface area contributed by atoms with E-state index in [1.807, 2.05) is 17.0 Å². The molecule has 1 aliphatic carbocycles. The minimum atomic E-state index is 0.190. The van der Waals surface area contributed by atoms with Crippen molar-refractivity contribution in [2.24, 2.45) is 11.8 Å². The molecule has 4 rings (SSSR count). The van der Waals surface area contributed by atoms with Crippen molar-refractivity contribution in [1.29, 1.82) is 0 Å². The van der Waals surface area contributed by atoms with Crippen molar-refractivity contribution in [2.75, 3.05) is 18.8 Å². The van der Waals surface area contributed by atoms with E-state index < -0.39 is 0 Å². The zero-order chi connectivity index (χ0) is 18.8. The van der Waals surface area contributed by atoms with E-state index >= 15 is 0 Å². The second-order valence-electron chi connectivity index (χ2n) is 7.97. The summed E-state index contributed by atoms with van der Waals surface area (Å²) in [5.74, 6) is 2.62. The largest absolute Gasteiger partial charge is 0.411 e. The third-order valence-electron chi connectivity index (χ3n) is 5.84. The molecule has 2 fully saturated rings. The number of benzene rings is 1. The van der Waals surface area contributed by atoms with E-state index in [-0.39, 0.29) is 5.91 Å². The number of carbonyl (C=O) groups is 1. The van der Waals surface area contributed by atoms with Crippen LogP contribution in [-0.2, 0) is 4.79 Å².